The molecule has 126 valence electrons. The number of nitrogens with zero attached hydrogens (tertiary/aromatic N) is 1. The number of hydrogen-bond acceptors (Lipinski definition) is 4. The van der Waals surface area contributed by atoms with E-state index >= 15 is 0 Å². The molecule has 0 saturated carbocycles. The quantitative estimate of drug-likeness (QED) is 0.655. The van der Waals surface area contributed by atoms with E-state index in [4.69, 9.17) is 4.74 Å². The van der Waals surface area contributed by atoms with Gasteiger partial charge in [0.05, 0.1) is 17.1 Å². The first-order chi connectivity index (χ1) is 11.6. The van der Waals surface area contributed by atoms with Crippen molar-refractivity contribution in [1.29, 1.82) is 0 Å². The normalized spacial score (nSPS) is 20.5. The van der Waals surface area contributed by atoms with Crippen molar-refractivity contribution in [3.05, 3.63) is 70.0 Å². The Labute approximate surface area is 139 Å². The highest BCUT2D eigenvalue weighted by atomic mass is 19.1. The lowest BCUT2D eigenvalue weighted by Crippen LogP contribution is -2.28. The van der Waals surface area contributed by atoms with E-state index < -0.39 is 10.7 Å². The van der Waals surface area contributed by atoms with Crippen LogP contribution in [-0.4, -0.2) is 18.1 Å². The second-order valence-electron chi connectivity index (χ2n) is 5.90. The van der Waals surface area contributed by atoms with Gasteiger partial charge in [0.2, 0.25) is 0 Å². The predicted octanol–water partition coefficient (Wildman–Crippen LogP) is 4.31. The Bertz CT molecular complexity index is 709. The Kier molecular flexibility index (Phi) is 5.05. The number of nitro groups is 1. The van der Waals surface area contributed by atoms with E-state index in [0.29, 0.717) is 18.8 Å². The topological polar surface area (TPSA) is 64.4 Å². The molecule has 0 aromatic heterocycles. The third kappa shape index (κ3) is 3.71. The van der Waals surface area contributed by atoms with Gasteiger partial charge in [-0.2, -0.15) is 0 Å². The molecule has 1 N–H and O–H groups in total. The summed E-state index contributed by atoms with van der Waals surface area (Å²) in [6.45, 7) is 1.25. The Morgan fingerprint density at radius 3 is 2.79 bits per heavy atom. The summed E-state index contributed by atoms with van der Waals surface area (Å²) >= 11 is 0. The van der Waals surface area contributed by atoms with Crippen LogP contribution in [0, 0.1) is 21.8 Å². The minimum atomic E-state index is -0.615. The van der Waals surface area contributed by atoms with E-state index in [2.05, 4.69) is 5.32 Å². The molecule has 0 aliphatic carbocycles. The van der Waals surface area contributed by atoms with E-state index in [1.54, 1.807) is 0 Å². The molecule has 1 heterocycles. The number of ether oxygens (including phenoxy) is 1. The number of nitrogens with one attached hydrogen (secondary N) is 1. The van der Waals surface area contributed by atoms with Crippen LogP contribution in [0.5, 0.6) is 0 Å². The van der Waals surface area contributed by atoms with Crippen molar-refractivity contribution in [2.75, 3.05) is 18.5 Å². The third-order valence-corrected chi connectivity index (χ3v) is 4.28. The van der Waals surface area contributed by atoms with Crippen molar-refractivity contribution in [3.8, 4) is 0 Å². The molecular weight excluding hydrogens is 311 g/mol. The van der Waals surface area contributed by atoms with Crippen LogP contribution < -0.4 is 5.32 Å². The molecule has 2 atom stereocenters. The summed E-state index contributed by atoms with van der Waals surface area (Å²) in [5.74, 6) is -0.416. The first-order valence-corrected chi connectivity index (χ1v) is 7.99. The van der Waals surface area contributed by atoms with Crippen LogP contribution in [0.2, 0.25) is 0 Å². The number of benzene rings is 2. The second kappa shape index (κ2) is 7.40. The molecule has 1 aliphatic rings. The van der Waals surface area contributed by atoms with Crippen molar-refractivity contribution < 1.29 is 14.1 Å². The zero-order chi connectivity index (χ0) is 16.9. The van der Waals surface area contributed by atoms with Crippen molar-refractivity contribution in [1.82, 2.24) is 0 Å². The zero-order valence-electron chi connectivity index (χ0n) is 13.2. The molecule has 1 aliphatic heterocycles. The zero-order valence-corrected chi connectivity index (χ0v) is 13.2. The molecular formula is C18H19FN2O3. The lowest BCUT2D eigenvalue weighted by molar-refractivity contribution is -0.384. The standard InChI is InChI=1S/C18H19FN2O3/c19-15-8-9-16(17(11-15)21(22)23)20-12-14-7-4-10-24-18(14)13-5-2-1-3-6-13/h1-3,5-6,8-9,11,14,18,20H,4,7,10,12H2. The number of nitro benzene ring substituents is 1. The first kappa shape index (κ1) is 16.4. The van der Waals surface area contributed by atoms with Crippen molar-refractivity contribution >= 4 is 11.4 Å². The fourth-order valence-electron chi connectivity index (χ4n) is 3.11. The fraction of sp³-hybridized carbons (Fsp3) is 0.333. The molecule has 6 heteroatoms. The molecule has 24 heavy (non-hydrogen) atoms. The number of anilines is 1. The summed E-state index contributed by atoms with van der Waals surface area (Å²) in [7, 11) is 0. The maximum Gasteiger partial charge on any atom is 0.295 e. The highest BCUT2D eigenvalue weighted by Crippen LogP contribution is 2.34. The molecule has 3 rings (SSSR count). The molecule has 0 amide bonds. The van der Waals surface area contributed by atoms with Crippen molar-refractivity contribution in [2.24, 2.45) is 5.92 Å². The van der Waals surface area contributed by atoms with Gasteiger partial charge >= 0.3 is 0 Å². The van der Waals surface area contributed by atoms with Crippen LogP contribution in [0.1, 0.15) is 24.5 Å². The largest absolute Gasteiger partial charge is 0.379 e. The molecule has 0 bridgehead atoms. The van der Waals surface area contributed by atoms with E-state index in [9.17, 15) is 14.5 Å². The molecule has 0 radical (unpaired) electrons. The lowest BCUT2D eigenvalue weighted by Gasteiger charge is -2.32. The van der Waals surface area contributed by atoms with Gasteiger partial charge < -0.3 is 10.1 Å². The van der Waals surface area contributed by atoms with Gasteiger partial charge in [-0.25, -0.2) is 4.39 Å². The first-order valence-electron chi connectivity index (χ1n) is 7.99. The monoisotopic (exact) mass is 330 g/mol. The van der Waals surface area contributed by atoms with Gasteiger partial charge in [-0.15, -0.1) is 0 Å². The summed E-state index contributed by atoms with van der Waals surface area (Å²) in [5, 5.41) is 14.2. The maximum atomic E-state index is 13.2. The van der Waals surface area contributed by atoms with E-state index in [-0.39, 0.29) is 17.7 Å². The summed E-state index contributed by atoms with van der Waals surface area (Å²) in [4.78, 5) is 10.5. The van der Waals surface area contributed by atoms with E-state index in [1.165, 1.54) is 12.1 Å². The van der Waals surface area contributed by atoms with Crippen LogP contribution >= 0.6 is 0 Å². The highest BCUT2D eigenvalue weighted by molar-refractivity contribution is 5.61. The number of hydrogen-bond donors (Lipinski definition) is 1. The average molecular weight is 330 g/mol. The second-order valence-corrected chi connectivity index (χ2v) is 5.90. The van der Waals surface area contributed by atoms with Crippen molar-refractivity contribution in [3.63, 3.8) is 0 Å². The van der Waals surface area contributed by atoms with E-state index in [0.717, 1.165) is 24.5 Å². The smallest absolute Gasteiger partial charge is 0.295 e. The number of rotatable bonds is 5. The maximum absolute atomic E-state index is 13.2. The van der Waals surface area contributed by atoms with Crippen LogP contribution in [0.4, 0.5) is 15.8 Å². The van der Waals surface area contributed by atoms with Crippen LogP contribution in [0.15, 0.2) is 48.5 Å². The Hall–Kier alpha value is -2.47. The highest BCUT2D eigenvalue weighted by Gasteiger charge is 2.28. The van der Waals surface area contributed by atoms with Gasteiger partial charge in [0.1, 0.15) is 11.5 Å². The minimum Gasteiger partial charge on any atom is -0.379 e. The summed E-state index contributed by atoms with van der Waals surface area (Å²) in [6.07, 6.45) is 1.90. The van der Waals surface area contributed by atoms with Crippen LogP contribution in [-0.2, 0) is 4.74 Å². The molecule has 0 spiro atoms. The van der Waals surface area contributed by atoms with Crippen molar-refractivity contribution in [2.45, 2.75) is 18.9 Å². The van der Waals surface area contributed by atoms with Crippen LogP contribution in [0.25, 0.3) is 0 Å². The van der Waals surface area contributed by atoms with Crippen LogP contribution in [0.3, 0.4) is 0 Å². The third-order valence-electron chi connectivity index (χ3n) is 4.28. The molecule has 1 fully saturated rings. The van der Waals surface area contributed by atoms with Gasteiger partial charge in [-0.3, -0.25) is 10.1 Å². The van der Waals surface area contributed by atoms with Gasteiger partial charge in [-0.1, -0.05) is 30.3 Å². The molecule has 2 aromatic carbocycles. The molecule has 5 nitrogen and oxygen atoms in total. The molecule has 2 unspecified atom stereocenters. The summed E-state index contributed by atoms with van der Waals surface area (Å²) in [5.41, 5.74) is 1.19. The summed E-state index contributed by atoms with van der Waals surface area (Å²) < 4.78 is 19.2. The Morgan fingerprint density at radius 2 is 2.04 bits per heavy atom. The minimum absolute atomic E-state index is 0.0352. The lowest BCUT2D eigenvalue weighted by atomic mass is 9.89. The van der Waals surface area contributed by atoms with Gasteiger partial charge in [-0.05, 0) is 30.5 Å². The molecule has 2 aromatic rings. The Balaban J connectivity index is 1.74. The van der Waals surface area contributed by atoms with Gasteiger partial charge in [0.15, 0.2) is 0 Å². The summed E-state index contributed by atoms with van der Waals surface area (Å²) in [6, 6.07) is 13.5. The van der Waals surface area contributed by atoms with Gasteiger partial charge in [0, 0.05) is 19.1 Å². The average Bonchev–Trinajstić information content (AvgIpc) is 2.61. The van der Waals surface area contributed by atoms with E-state index in [1.807, 2.05) is 30.3 Å². The number of halogens is 1. The fourth-order valence-corrected chi connectivity index (χ4v) is 3.11. The van der Waals surface area contributed by atoms with Gasteiger partial charge in [0.25, 0.3) is 5.69 Å². The molecule has 1 saturated heterocycles. The SMILES string of the molecule is O=[N+]([O-])c1cc(F)ccc1NCC1CCCOC1c1ccccc1. The predicted molar refractivity (Wildman–Crippen MR) is 89.4 cm³/mol. The Morgan fingerprint density at radius 1 is 1.25 bits per heavy atom.